The number of nitrogens with zero attached hydrogens (tertiary/aromatic N) is 1. The van der Waals surface area contributed by atoms with E-state index in [0.29, 0.717) is 5.02 Å². The molecule has 0 aliphatic rings. The van der Waals surface area contributed by atoms with Crippen LogP contribution in [0, 0.1) is 0 Å². The van der Waals surface area contributed by atoms with Crippen LogP contribution in [0.25, 0.3) is 11.3 Å². The second-order valence-electron chi connectivity index (χ2n) is 3.05. The van der Waals surface area contributed by atoms with Crippen LogP contribution in [-0.2, 0) is 0 Å². The van der Waals surface area contributed by atoms with Crippen LogP contribution in [0.4, 0.5) is 0 Å². The summed E-state index contributed by atoms with van der Waals surface area (Å²) in [5.41, 5.74) is 1.84. The highest BCUT2D eigenvalue weighted by molar-refractivity contribution is 8.06. The number of aromatic nitrogens is 1. The minimum absolute atomic E-state index is 0.694. The fourth-order valence-electron chi connectivity index (χ4n) is 1.16. The highest BCUT2D eigenvalue weighted by Gasteiger charge is 2.23. The Labute approximate surface area is 127 Å². The Balaban J connectivity index is 2.21. The van der Waals surface area contributed by atoms with Crippen molar-refractivity contribution in [2.45, 2.75) is 7.46 Å². The van der Waals surface area contributed by atoms with E-state index < -0.39 is 3.12 Å². The molecule has 7 heteroatoms. The molecule has 0 fully saturated rings. The highest BCUT2D eigenvalue weighted by atomic mass is 35.6. The van der Waals surface area contributed by atoms with Gasteiger partial charge in [-0.05, 0) is 23.9 Å². The second kappa shape index (κ2) is 5.55. The van der Waals surface area contributed by atoms with Crippen LogP contribution in [0.3, 0.4) is 0 Å². The molecule has 0 bridgehead atoms. The zero-order valence-electron chi connectivity index (χ0n) is 8.16. The van der Waals surface area contributed by atoms with Crippen molar-refractivity contribution < 1.29 is 0 Å². The second-order valence-corrected chi connectivity index (χ2v) is 8.76. The molecule has 0 N–H and O–H groups in total. The molecule has 0 aliphatic heterocycles. The van der Waals surface area contributed by atoms with Gasteiger partial charge in [0.1, 0.15) is 0 Å². The molecule has 0 spiro atoms. The molecule has 1 aromatic heterocycles. The van der Waals surface area contributed by atoms with E-state index in [-0.39, 0.29) is 0 Å². The Morgan fingerprint density at radius 2 is 1.76 bits per heavy atom. The lowest BCUT2D eigenvalue weighted by molar-refractivity contribution is 1.25. The third-order valence-corrected chi connectivity index (χ3v) is 4.44. The Kier molecular flexibility index (Phi) is 4.50. The molecule has 1 aromatic carbocycles. The largest absolute Gasteiger partial charge is 0.244 e. The first kappa shape index (κ1) is 13.8. The van der Waals surface area contributed by atoms with E-state index in [1.165, 1.54) is 11.3 Å². The minimum atomic E-state index is -1.38. The Morgan fingerprint density at radius 1 is 1.12 bits per heavy atom. The molecule has 0 saturated heterocycles. The number of rotatable bonds is 2. The molecule has 17 heavy (non-hydrogen) atoms. The fourth-order valence-corrected chi connectivity index (χ4v) is 3.96. The van der Waals surface area contributed by atoms with Gasteiger partial charge in [-0.15, -0.1) is 11.3 Å². The fraction of sp³-hybridized carbons (Fsp3) is 0.100. The van der Waals surface area contributed by atoms with Crippen LogP contribution >= 0.6 is 69.5 Å². The number of hydrogen-bond acceptors (Lipinski definition) is 3. The maximum atomic E-state index is 5.82. The number of halogens is 4. The molecule has 0 saturated carbocycles. The summed E-state index contributed by atoms with van der Waals surface area (Å²) in [6, 6.07) is 7.44. The molecule has 0 aliphatic carbocycles. The van der Waals surface area contributed by atoms with E-state index >= 15 is 0 Å². The molecule has 0 atom stereocenters. The van der Waals surface area contributed by atoms with Gasteiger partial charge in [0.15, 0.2) is 4.34 Å². The molecule has 0 radical (unpaired) electrons. The first-order valence-corrected chi connectivity index (χ1v) is 7.62. The van der Waals surface area contributed by atoms with Crippen molar-refractivity contribution in [2.24, 2.45) is 0 Å². The van der Waals surface area contributed by atoms with Crippen LogP contribution in [0.5, 0.6) is 0 Å². The third-order valence-electron chi connectivity index (χ3n) is 1.83. The summed E-state index contributed by atoms with van der Waals surface area (Å²) >= 11 is 25.4. The van der Waals surface area contributed by atoms with Crippen molar-refractivity contribution in [3.8, 4) is 11.3 Å². The van der Waals surface area contributed by atoms with E-state index in [9.17, 15) is 0 Å². The van der Waals surface area contributed by atoms with Crippen LogP contribution in [0.15, 0.2) is 34.0 Å². The molecule has 1 nitrogen and oxygen atoms in total. The van der Waals surface area contributed by atoms with Crippen LogP contribution in [-0.4, -0.2) is 8.11 Å². The standard InChI is InChI=1S/C10H5Cl4NS2/c11-7-3-1-6(2-4-7)8-5-16-9(15-8)17-10(12,13)14/h1-5H. The summed E-state index contributed by atoms with van der Waals surface area (Å²) in [4.78, 5) is 4.38. The Hall–Kier alpha value is 0.360. The third kappa shape index (κ3) is 4.19. The van der Waals surface area contributed by atoms with Crippen molar-refractivity contribution in [2.75, 3.05) is 0 Å². The monoisotopic (exact) mass is 343 g/mol. The summed E-state index contributed by atoms with van der Waals surface area (Å²) in [7, 11) is 0. The summed E-state index contributed by atoms with van der Waals surface area (Å²) in [5.74, 6) is 0. The quantitative estimate of drug-likeness (QED) is 0.498. The molecular weight excluding hydrogens is 340 g/mol. The zero-order chi connectivity index (χ0) is 12.5. The lowest BCUT2D eigenvalue weighted by Gasteiger charge is -2.05. The van der Waals surface area contributed by atoms with Gasteiger partial charge in [0, 0.05) is 16.0 Å². The normalized spacial score (nSPS) is 11.8. The van der Waals surface area contributed by atoms with Crippen molar-refractivity contribution in [1.82, 2.24) is 4.98 Å². The predicted molar refractivity (Wildman–Crippen MR) is 78.7 cm³/mol. The molecule has 90 valence electrons. The Morgan fingerprint density at radius 3 is 2.35 bits per heavy atom. The van der Waals surface area contributed by atoms with E-state index in [0.717, 1.165) is 27.4 Å². The van der Waals surface area contributed by atoms with Crippen molar-refractivity contribution in [1.29, 1.82) is 0 Å². The molecular formula is C10H5Cl4NS2. The summed E-state index contributed by atoms with van der Waals surface area (Å²) in [5, 5.41) is 2.61. The van der Waals surface area contributed by atoms with Crippen LogP contribution < -0.4 is 0 Å². The number of hydrogen-bond donors (Lipinski definition) is 0. The van der Waals surface area contributed by atoms with Gasteiger partial charge in [0.2, 0.25) is 3.12 Å². The molecule has 2 aromatic rings. The van der Waals surface area contributed by atoms with E-state index in [1.54, 1.807) is 0 Å². The van der Waals surface area contributed by atoms with Gasteiger partial charge in [-0.2, -0.15) is 0 Å². The molecule has 2 rings (SSSR count). The van der Waals surface area contributed by atoms with Gasteiger partial charge in [-0.3, -0.25) is 0 Å². The topological polar surface area (TPSA) is 12.9 Å². The van der Waals surface area contributed by atoms with Gasteiger partial charge < -0.3 is 0 Å². The number of thiazole rings is 1. The smallest absolute Gasteiger partial charge is 0.230 e. The number of alkyl halides is 3. The zero-order valence-corrected chi connectivity index (χ0v) is 12.8. The van der Waals surface area contributed by atoms with Crippen molar-refractivity contribution in [3.63, 3.8) is 0 Å². The van der Waals surface area contributed by atoms with Gasteiger partial charge >= 0.3 is 0 Å². The lowest BCUT2D eigenvalue weighted by atomic mass is 10.2. The van der Waals surface area contributed by atoms with E-state index in [1.807, 2.05) is 29.6 Å². The number of thioether (sulfide) groups is 1. The minimum Gasteiger partial charge on any atom is -0.230 e. The van der Waals surface area contributed by atoms with Gasteiger partial charge in [-0.1, -0.05) is 58.5 Å². The first-order chi connectivity index (χ1) is 7.94. The average molecular weight is 345 g/mol. The van der Waals surface area contributed by atoms with E-state index in [2.05, 4.69) is 4.98 Å². The maximum absolute atomic E-state index is 5.82. The van der Waals surface area contributed by atoms with E-state index in [4.69, 9.17) is 46.4 Å². The van der Waals surface area contributed by atoms with Gasteiger partial charge in [-0.25, -0.2) is 4.98 Å². The predicted octanol–water partition coefficient (Wildman–Crippen LogP) is 5.88. The molecule has 0 amide bonds. The Bertz CT molecular complexity index is 504. The van der Waals surface area contributed by atoms with Gasteiger partial charge in [0.05, 0.1) is 5.69 Å². The highest BCUT2D eigenvalue weighted by Crippen LogP contribution is 2.45. The summed E-state index contributed by atoms with van der Waals surface area (Å²) in [6.07, 6.45) is 0. The molecule has 1 heterocycles. The van der Waals surface area contributed by atoms with Crippen molar-refractivity contribution >= 4 is 69.5 Å². The van der Waals surface area contributed by atoms with Gasteiger partial charge in [0.25, 0.3) is 0 Å². The SMILES string of the molecule is Clc1ccc(-c2csc(SC(Cl)(Cl)Cl)n2)cc1. The summed E-state index contributed by atoms with van der Waals surface area (Å²) < 4.78 is -0.662. The first-order valence-electron chi connectivity index (χ1n) is 4.41. The number of benzene rings is 1. The summed E-state index contributed by atoms with van der Waals surface area (Å²) in [6.45, 7) is 0. The van der Waals surface area contributed by atoms with Crippen LogP contribution in [0.1, 0.15) is 0 Å². The van der Waals surface area contributed by atoms with Crippen molar-refractivity contribution in [3.05, 3.63) is 34.7 Å². The maximum Gasteiger partial charge on any atom is 0.244 e. The average Bonchev–Trinajstić information content (AvgIpc) is 2.64. The van der Waals surface area contributed by atoms with Crippen LogP contribution in [0.2, 0.25) is 5.02 Å². The molecule has 0 unspecified atom stereocenters. The lowest BCUT2D eigenvalue weighted by Crippen LogP contribution is -1.92.